The smallest absolute Gasteiger partial charge is 0.234 e. The molecule has 0 saturated carbocycles. The van der Waals surface area contributed by atoms with Gasteiger partial charge in [-0.3, -0.25) is 9.69 Å². The van der Waals surface area contributed by atoms with Gasteiger partial charge in [0.05, 0.1) is 6.54 Å². The van der Waals surface area contributed by atoms with Crippen molar-refractivity contribution in [2.45, 2.75) is 20.3 Å². The van der Waals surface area contributed by atoms with E-state index in [-0.39, 0.29) is 5.91 Å². The average Bonchev–Trinajstić information content (AvgIpc) is 2.14. The fraction of sp³-hybridized carbons (Fsp3) is 0.889. The zero-order valence-corrected chi connectivity index (χ0v) is 8.68. The van der Waals surface area contributed by atoms with E-state index in [4.69, 9.17) is 5.73 Å². The second-order valence-electron chi connectivity index (χ2n) is 3.01. The van der Waals surface area contributed by atoms with Gasteiger partial charge in [-0.1, -0.05) is 13.8 Å². The predicted molar refractivity (Wildman–Crippen MR) is 54.5 cm³/mol. The molecule has 4 nitrogen and oxygen atoms in total. The summed E-state index contributed by atoms with van der Waals surface area (Å²) in [7, 11) is 0. The lowest BCUT2D eigenvalue weighted by atomic mass is 10.4. The van der Waals surface area contributed by atoms with E-state index in [0.717, 1.165) is 26.1 Å². The van der Waals surface area contributed by atoms with E-state index >= 15 is 0 Å². The summed E-state index contributed by atoms with van der Waals surface area (Å²) < 4.78 is 0. The van der Waals surface area contributed by atoms with Gasteiger partial charge in [0.25, 0.3) is 0 Å². The minimum Gasteiger partial charge on any atom is -0.355 e. The van der Waals surface area contributed by atoms with Crippen molar-refractivity contribution in [2.24, 2.45) is 5.73 Å². The number of hydrogen-bond acceptors (Lipinski definition) is 3. The van der Waals surface area contributed by atoms with Crippen LogP contribution in [0, 0.1) is 0 Å². The molecule has 0 unspecified atom stereocenters. The van der Waals surface area contributed by atoms with Crippen molar-refractivity contribution in [2.75, 3.05) is 32.7 Å². The maximum Gasteiger partial charge on any atom is 0.234 e. The summed E-state index contributed by atoms with van der Waals surface area (Å²) in [6.07, 6.45) is 0.981. The number of carbonyl (C=O) groups excluding carboxylic acids is 1. The third-order valence-electron chi connectivity index (χ3n) is 1.83. The summed E-state index contributed by atoms with van der Waals surface area (Å²) in [5.74, 6) is 0.0946. The molecule has 0 heterocycles. The second-order valence-corrected chi connectivity index (χ2v) is 3.01. The summed E-state index contributed by atoms with van der Waals surface area (Å²) in [6.45, 7) is 7.56. The maximum absolute atomic E-state index is 11.3. The van der Waals surface area contributed by atoms with Crippen molar-refractivity contribution in [3.8, 4) is 0 Å². The SMILES string of the molecule is CCCNC(=O)CN(CC)CCN. The van der Waals surface area contributed by atoms with Crippen molar-refractivity contribution in [3.63, 3.8) is 0 Å². The van der Waals surface area contributed by atoms with Gasteiger partial charge in [0, 0.05) is 19.6 Å². The lowest BCUT2D eigenvalue weighted by Crippen LogP contribution is -2.39. The summed E-state index contributed by atoms with van der Waals surface area (Å²) in [5, 5.41) is 2.83. The van der Waals surface area contributed by atoms with Gasteiger partial charge < -0.3 is 11.1 Å². The Kier molecular flexibility index (Phi) is 7.63. The Morgan fingerprint density at radius 3 is 2.62 bits per heavy atom. The maximum atomic E-state index is 11.3. The lowest BCUT2D eigenvalue weighted by Gasteiger charge is -2.18. The Morgan fingerprint density at radius 2 is 2.15 bits per heavy atom. The monoisotopic (exact) mass is 187 g/mol. The van der Waals surface area contributed by atoms with E-state index < -0.39 is 0 Å². The van der Waals surface area contributed by atoms with E-state index in [9.17, 15) is 4.79 Å². The van der Waals surface area contributed by atoms with Crippen molar-refractivity contribution < 1.29 is 4.79 Å². The third kappa shape index (κ3) is 6.54. The fourth-order valence-corrected chi connectivity index (χ4v) is 1.05. The third-order valence-corrected chi connectivity index (χ3v) is 1.83. The van der Waals surface area contributed by atoms with Gasteiger partial charge in [-0.25, -0.2) is 0 Å². The standard InChI is InChI=1S/C9H21N3O/c1-3-6-11-9(13)8-12(4-2)7-5-10/h3-8,10H2,1-2H3,(H,11,13). The Balaban J connectivity index is 3.60. The molecule has 0 saturated heterocycles. The topological polar surface area (TPSA) is 58.4 Å². The van der Waals surface area contributed by atoms with Crippen molar-refractivity contribution in [1.29, 1.82) is 0 Å². The van der Waals surface area contributed by atoms with Crippen LogP contribution in [0.1, 0.15) is 20.3 Å². The molecule has 0 atom stereocenters. The van der Waals surface area contributed by atoms with Crippen LogP contribution in [-0.4, -0.2) is 43.5 Å². The molecule has 0 aliphatic heterocycles. The summed E-state index contributed by atoms with van der Waals surface area (Å²) in [4.78, 5) is 13.3. The van der Waals surface area contributed by atoms with Crippen LogP contribution in [0.5, 0.6) is 0 Å². The average molecular weight is 187 g/mol. The molecule has 13 heavy (non-hydrogen) atoms. The molecule has 4 heteroatoms. The first-order chi connectivity index (χ1) is 6.24. The van der Waals surface area contributed by atoms with Gasteiger partial charge in [-0.05, 0) is 13.0 Å². The number of hydrogen-bond donors (Lipinski definition) is 2. The van der Waals surface area contributed by atoms with Gasteiger partial charge >= 0.3 is 0 Å². The normalized spacial score (nSPS) is 10.5. The van der Waals surface area contributed by atoms with Gasteiger partial charge in [-0.2, -0.15) is 0 Å². The highest BCUT2D eigenvalue weighted by atomic mass is 16.2. The molecule has 3 N–H and O–H groups in total. The number of amides is 1. The lowest BCUT2D eigenvalue weighted by molar-refractivity contribution is -0.122. The highest BCUT2D eigenvalue weighted by molar-refractivity contribution is 5.77. The van der Waals surface area contributed by atoms with Crippen LogP contribution < -0.4 is 11.1 Å². The quantitative estimate of drug-likeness (QED) is 0.580. The molecular formula is C9H21N3O. The highest BCUT2D eigenvalue weighted by Crippen LogP contribution is 1.85. The molecule has 78 valence electrons. The zero-order valence-electron chi connectivity index (χ0n) is 8.68. The highest BCUT2D eigenvalue weighted by Gasteiger charge is 2.06. The Morgan fingerprint density at radius 1 is 1.46 bits per heavy atom. The van der Waals surface area contributed by atoms with Gasteiger partial charge in [-0.15, -0.1) is 0 Å². The Hall–Kier alpha value is -0.610. The molecule has 0 aromatic carbocycles. The first kappa shape index (κ1) is 12.4. The van der Waals surface area contributed by atoms with E-state index in [1.807, 2.05) is 18.7 Å². The number of carbonyl (C=O) groups is 1. The van der Waals surface area contributed by atoms with Gasteiger partial charge in [0.15, 0.2) is 0 Å². The molecule has 0 rings (SSSR count). The van der Waals surface area contributed by atoms with Crippen LogP contribution in [-0.2, 0) is 4.79 Å². The number of nitrogens with two attached hydrogens (primary N) is 1. The summed E-state index contributed by atoms with van der Waals surface area (Å²) >= 11 is 0. The Bertz CT molecular complexity index is 139. The molecule has 0 spiro atoms. The van der Waals surface area contributed by atoms with Crippen molar-refractivity contribution in [3.05, 3.63) is 0 Å². The number of rotatable bonds is 7. The minimum atomic E-state index is 0.0946. The van der Waals surface area contributed by atoms with Gasteiger partial charge in [0.2, 0.25) is 5.91 Å². The van der Waals surface area contributed by atoms with Crippen LogP contribution in [0.15, 0.2) is 0 Å². The molecule has 0 fully saturated rings. The molecule has 0 aliphatic rings. The number of nitrogens with one attached hydrogen (secondary N) is 1. The largest absolute Gasteiger partial charge is 0.355 e. The molecule has 1 amide bonds. The van der Waals surface area contributed by atoms with E-state index in [1.165, 1.54) is 0 Å². The van der Waals surface area contributed by atoms with E-state index in [0.29, 0.717) is 13.1 Å². The first-order valence-electron chi connectivity index (χ1n) is 4.93. The fourth-order valence-electron chi connectivity index (χ4n) is 1.05. The number of nitrogens with zero attached hydrogens (tertiary/aromatic N) is 1. The van der Waals surface area contributed by atoms with E-state index in [2.05, 4.69) is 5.32 Å². The summed E-state index contributed by atoms with van der Waals surface area (Å²) in [5.41, 5.74) is 5.41. The Labute approximate surface area is 80.5 Å². The van der Waals surface area contributed by atoms with Crippen molar-refractivity contribution in [1.82, 2.24) is 10.2 Å². The molecule has 0 aromatic rings. The van der Waals surface area contributed by atoms with E-state index in [1.54, 1.807) is 0 Å². The molecule has 0 radical (unpaired) electrons. The van der Waals surface area contributed by atoms with Crippen LogP contribution in [0.2, 0.25) is 0 Å². The summed E-state index contributed by atoms with van der Waals surface area (Å²) in [6, 6.07) is 0. The molecule has 0 bridgehead atoms. The first-order valence-corrected chi connectivity index (χ1v) is 4.93. The van der Waals surface area contributed by atoms with Crippen molar-refractivity contribution >= 4 is 5.91 Å². The van der Waals surface area contributed by atoms with Crippen LogP contribution in [0.25, 0.3) is 0 Å². The predicted octanol–water partition coefficient (Wildman–Crippen LogP) is -0.207. The van der Waals surface area contributed by atoms with Gasteiger partial charge in [0.1, 0.15) is 0 Å². The second kappa shape index (κ2) is 8.01. The molecular weight excluding hydrogens is 166 g/mol. The van der Waals surface area contributed by atoms with Crippen LogP contribution >= 0.6 is 0 Å². The minimum absolute atomic E-state index is 0.0946. The van der Waals surface area contributed by atoms with Crippen LogP contribution in [0.4, 0.5) is 0 Å². The zero-order chi connectivity index (χ0) is 10.1. The molecule has 0 aromatic heterocycles. The van der Waals surface area contributed by atoms with Crippen LogP contribution in [0.3, 0.4) is 0 Å². The number of likely N-dealkylation sites (N-methyl/N-ethyl adjacent to an activating group) is 1. The molecule has 0 aliphatic carbocycles.